The zero-order chi connectivity index (χ0) is 20.6. The van der Waals surface area contributed by atoms with E-state index in [0.29, 0.717) is 36.9 Å². The van der Waals surface area contributed by atoms with E-state index in [0.717, 1.165) is 13.1 Å². The molecule has 154 valence electrons. The van der Waals surface area contributed by atoms with Crippen molar-refractivity contribution in [1.82, 2.24) is 10.2 Å². The fraction of sp³-hybridized carbons (Fsp3) is 0.391. The van der Waals surface area contributed by atoms with E-state index in [-0.39, 0.29) is 18.4 Å². The molecule has 0 spiro atoms. The van der Waals surface area contributed by atoms with Gasteiger partial charge in [0.15, 0.2) is 0 Å². The van der Waals surface area contributed by atoms with E-state index in [1.807, 2.05) is 29.2 Å². The zero-order valence-corrected chi connectivity index (χ0v) is 17.1. The number of amides is 2. The molecule has 0 aromatic heterocycles. The van der Waals surface area contributed by atoms with Crippen LogP contribution >= 0.6 is 0 Å². The van der Waals surface area contributed by atoms with Crippen LogP contribution in [-0.2, 0) is 4.79 Å². The number of nitrogens with one attached hydrogen (secondary N) is 1. The van der Waals surface area contributed by atoms with Gasteiger partial charge < -0.3 is 19.9 Å². The Kier molecular flexibility index (Phi) is 7.11. The molecule has 0 saturated carbocycles. The number of anilines is 1. The summed E-state index contributed by atoms with van der Waals surface area (Å²) < 4.78 is 5.67. The molecule has 6 nitrogen and oxygen atoms in total. The van der Waals surface area contributed by atoms with Gasteiger partial charge in [-0.05, 0) is 36.2 Å². The number of rotatable bonds is 7. The molecule has 0 bridgehead atoms. The Labute approximate surface area is 172 Å². The summed E-state index contributed by atoms with van der Waals surface area (Å²) in [6, 6.07) is 17.2. The van der Waals surface area contributed by atoms with Gasteiger partial charge in [-0.3, -0.25) is 9.59 Å². The van der Waals surface area contributed by atoms with E-state index in [1.54, 1.807) is 18.2 Å². The largest absolute Gasteiger partial charge is 0.493 e. The molecule has 0 unspecified atom stereocenters. The molecule has 2 aromatic rings. The molecule has 3 rings (SSSR count). The summed E-state index contributed by atoms with van der Waals surface area (Å²) in [6.07, 6.45) is 0. The molecule has 2 amide bonds. The van der Waals surface area contributed by atoms with Crippen molar-refractivity contribution >= 4 is 17.5 Å². The highest BCUT2D eigenvalue weighted by Crippen LogP contribution is 2.16. The van der Waals surface area contributed by atoms with Gasteiger partial charge in [-0.2, -0.15) is 0 Å². The van der Waals surface area contributed by atoms with Crippen LogP contribution in [0.2, 0.25) is 0 Å². The van der Waals surface area contributed by atoms with Crippen LogP contribution in [0.5, 0.6) is 5.75 Å². The minimum atomic E-state index is -0.267. The van der Waals surface area contributed by atoms with Crippen LogP contribution in [0.25, 0.3) is 0 Å². The number of hydrogen-bond acceptors (Lipinski definition) is 4. The maximum Gasteiger partial charge on any atom is 0.251 e. The average molecular weight is 396 g/mol. The third-order valence-electron chi connectivity index (χ3n) is 4.83. The van der Waals surface area contributed by atoms with Gasteiger partial charge in [0, 0.05) is 37.4 Å². The molecule has 1 fully saturated rings. The van der Waals surface area contributed by atoms with Gasteiger partial charge >= 0.3 is 0 Å². The lowest BCUT2D eigenvalue weighted by Gasteiger charge is -2.36. The maximum atomic E-state index is 12.5. The Morgan fingerprint density at radius 3 is 2.41 bits per heavy atom. The molecule has 0 radical (unpaired) electrons. The Hall–Kier alpha value is -3.02. The highest BCUT2D eigenvalue weighted by atomic mass is 16.5. The predicted octanol–water partition coefficient (Wildman–Crippen LogP) is 2.80. The maximum absolute atomic E-state index is 12.5. The first-order valence-electron chi connectivity index (χ1n) is 10.1. The number of nitrogens with zero attached hydrogens (tertiary/aromatic N) is 2. The number of carbonyl (C=O) groups is 2. The van der Waals surface area contributed by atoms with Crippen molar-refractivity contribution in [3.8, 4) is 5.75 Å². The number of carbonyl (C=O) groups excluding carboxylic acids is 2. The lowest BCUT2D eigenvalue weighted by molar-refractivity contribution is -0.130. The molecular formula is C23H29N3O3. The van der Waals surface area contributed by atoms with Crippen LogP contribution in [-0.4, -0.2) is 56.0 Å². The van der Waals surface area contributed by atoms with Crippen LogP contribution in [0.1, 0.15) is 24.2 Å². The standard InChI is InChI=1S/C23H29N3O3/c1-18(2)17-29-21-10-6-7-19(15-21)23(28)24-16-22(27)26-13-11-25(12-14-26)20-8-4-3-5-9-20/h3-10,15,18H,11-14,16-17H2,1-2H3,(H,24,28). The average Bonchev–Trinajstić information content (AvgIpc) is 2.76. The number of para-hydroxylation sites is 1. The Balaban J connectivity index is 1.46. The van der Waals surface area contributed by atoms with Crippen LogP contribution in [0.4, 0.5) is 5.69 Å². The molecule has 1 aliphatic rings. The molecule has 1 N–H and O–H groups in total. The highest BCUT2D eigenvalue weighted by Gasteiger charge is 2.21. The molecule has 1 aliphatic heterocycles. The monoisotopic (exact) mass is 395 g/mol. The second kappa shape index (κ2) is 9.96. The number of benzene rings is 2. The normalized spacial score (nSPS) is 14.0. The second-order valence-electron chi connectivity index (χ2n) is 7.62. The SMILES string of the molecule is CC(C)COc1cccc(C(=O)NCC(=O)N2CCN(c3ccccc3)CC2)c1. The van der Waals surface area contributed by atoms with Crippen molar-refractivity contribution < 1.29 is 14.3 Å². The zero-order valence-electron chi connectivity index (χ0n) is 17.1. The Morgan fingerprint density at radius 2 is 1.72 bits per heavy atom. The first-order valence-corrected chi connectivity index (χ1v) is 10.1. The summed E-state index contributed by atoms with van der Waals surface area (Å²) in [5.41, 5.74) is 1.67. The van der Waals surface area contributed by atoms with E-state index < -0.39 is 0 Å². The van der Waals surface area contributed by atoms with Crippen LogP contribution < -0.4 is 15.0 Å². The van der Waals surface area contributed by atoms with Gasteiger partial charge in [0.2, 0.25) is 5.91 Å². The summed E-state index contributed by atoms with van der Waals surface area (Å²) in [7, 11) is 0. The van der Waals surface area contributed by atoms with Gasteiger partial charge in [0.1, 0.15) is 5.75 Å². The third kappa shape index (κ3) is 5.98. The molecular weight excluding hydrogens is 366 g/mol. The van der Waals surface area contributed by atoms with Crippen molar-refractivity contribution in [1.29, 1.82) is 0 Å². The summed E-state index contributed by atoms with van der Waals surface area (Å²) >= 11 is 0. The predicted molar refractivity (Wildman–Crippen MR) is 114 cm³/mol. The van der Waals surface area contributed by atoms with Gasteiger partial charge in [-0.1, -0.05) is 38.1 Å². The van der Waals surface area contributed by atoms with Crippen molar-refractivity contribution in [3.05, 3.63) is 60.2 Å². The lowest BCUT2D eigenvalue weighted by atomic mass is 10.2. The number of hydrogen-bond donors (Lipinski definition) is 1. The van der Waals surface area contributed by atoms with Crippen LogP contribution in [0.15, 0.2) is 54.6 Å². The van der Waals surface area contributed by atoms with Gasteiger partial charge in [0.05, 0.1) is 13.2 Å². The Morgan fingerprint density at radius 1 is 1.00 bits per heavy atom. The topological polar surface area (TPSA) is 61.9 Å². The van der Waals surface area contributed by atoms with Gasteiger partial charge in [0.25, 0.3) is 5.91 Å². The van der Waals surface area contributed by atoms with E-state index >= 15 is 0 Å². The summed E-state index contributed by atoms with van der Waals surface area (Å²) in [5.74, 6) is 0.747. The summed E-state index contributed by atoms with van der Waals surface area (Å²) in [5, 5.41) is 2.73. The molecule has 0 aliphatic carbocycles. The quantitative estimate of drug-likeness (QED) is 0.783. The molecule has 6 heteroatoms. The van der Waals surface area contributed by atoms with Gasteiger partial charge in [-0.15, -0.1) is 0 Å². The number of ether oxygens (including phenoxy) is 1. The van der Waals surface area contributed by atoms with E-state index in [4.69, 9.17) is 4.74 Å². The first-order chi connectivity index (χ1) is 14.0. The molecule has 2 aromatic carbocycles. The fourth-order valence-corrected chi connectivity index (χ4v) is 3.21. The van der Waals surface area contributed by atoms with Crippen molar-refractivity contribution in [2.45, 2.75) is 13.8 Å². The van der Waals surface area contributed by atoms with Crippen molar-refractivity contribution in [2.24, 2.45) is 5.92 Å². The molecule has 29 heavy (non-hydrogen) atoms. The van der Waals surface area contributed by atoms with E-state index in [2.05, 4.69) is 36.2 Å². The van der Waals surface area contributed by atoms with E-state index in [1.165, 1.54) is 5.69 Å². The summed E-state index contributed by atoms with van der Waals surface area (Å²) in [4.78, 5) is 29.0. The van der Waals surface area contributed by atoms with Crippen LogP contribution in [0.3, 0.4) is 0 Å². The third-order valence-corrected chi connectivity index (χ3v) is 4.83. The van der Waals surface area contributed by atoms with E-state index in [9.17, 15) is 9.59 Å². The summed E-state index contributed by atoms with van der Waals surface area (Å²) in [6.45, 7) is 7.63. The Bertz CT molecular complexity index is 815. The second-order valence-corrected chi connectivity index (χ2v) is 7.62. The molecule has 0 atom stereocenters. The first kappa shape index (κ1) is 20.7. The number of piperazine rings is 1. The highest BCUT2D eigenvalue weighted by molar-refractivity contribution is 5.96. The fourth-order valence-electron chi connectivity index (χ4n) is 3.21. The van der Waals surface area contributed by atoms with Crippen LogP contribution in [0, 0.1) is 5.92 Å². The van der Waals surface area contributed by atoms with Crippen molar-refractivity contribution in [2.75, 3.05) is 44.2 Å². The minimum absolute atomic E-state index is 0.00124. The smallest absolute Gasteiger partial charge is 0.251 e. The minimum Gasteiger partial charge on any atom is -0.493 e. The molecule has 1 heterocycles. The lowest BCUT2D eigenvalue weighted by Crippen LogP contribution is -2.51. The van der Waals surface area contributed by atoms with Crippen molar-refractivity contribution in [3.63, 3.8) is 0 Å². The van der Waals surface area contributed by atoms with Gasteiger partial charge in [-0.25, -0.2) is 0 Å². The molecule has 1 saturated heterocycles.